The first-order valence-electron chi connectivity index (χ1n) is 5.18. The van der Waals surface area contributed by atoms with Gasteiger partial charge in [0.05, 0.1) is 12.3 Å². The second kappa shape index (κ2) is 4.87. The first-order valence-corrected chi connectivity index (χ1v) is 5.18. The van der Waals surface area contributed by atoms with Crippen molar-refractivity contribution in [1.82, 2.24) is 4.98 Å². The number of nitrogens with two attached hydrogens (primary N) is 1. The topological polar surface area (TPSA) is 51.4 Å². The van der Waals surface area contributed by atoms with Gasteiger partial charge >= 0.3 is 0 Å². The summed E-state index contributed by atoms with van der Waals surface area (Å²) < 4.78 is 5.34. The Morgan fingerprint density at radius 1 is 1.47 bits per heavy atom. The fourth-order valence-electron chi connectivity index (χ4n) is 1.15. The van der Waals surface area contributed by atoms with Crippen molar-refractivity contribution in [3.8, 4) is 5.88 Å². The minimum Gasteiger partial charge on any atom is -0.476 e. The maximum Gasteiger partial charge on any atom is 0.239 e. The predicted octanol–water partition coefficient (Wildman–Crippen LogP) is 1.91. The Kier molecular flexibility index (Phi) is 3.77. The van der Waals surface area contributed by atoms with E-state index in [0.717, 1.165) is 5.82 Å². The van der Waals surface area contributed by atoms with Gasteiger partial charge in [0.2, 0.25) is 5.88 Å². The average molecular weight is 209 g/mol. The zero-order chi connectivity index (χ0) is 11.4. The molecule has 1 aromatic rings. The molecule has 0 amide bonds. The van der Waals surface area contributed by atoms with Crippen LogP contribution in [0.2, 0.25) is 0 Å². The van der Waals surface area contributed by atoms with Crippen molar-refractivity contribution >= 4 is 11.5 Å². The van der Waals surface area contributed by atoms with Crippen LogP contribution in [0.5, 0.6) is 5.88 Å². The number of ether oxygens (including phenoxy) is 1. The highest BCUT2D eigenvalue weighted by Crippen LogP contribution is 2.23. The molecular weight excluding hydrogens is 190 g/mol. The van der Waals surface area contributed by atoms with Crippen molar-refractivity contribution in [3.63, 3.8) is 0 Å². The van der Waals surface area contributed by atoms with Crippen molar-refractivity contribution in [2.45, 2.75) is 26.8 Å². The van der Waals surface area contributed by atoms with E-state index in [-0.39, 0.29) is 0 Å². The van der Waals surface area contributed by atoms with Crippen LogP contribution in [0.25, 0.3) is 0 Å². The van der Waals surface area contributed by atoms with Crippen LogP contribution in [-0.4, -0.2) is 24.7 Å². The second-order valence-electron chi connectivity index (χ2n) is 3.70. The highest BCUT2D eigenvalue weighted by Gasteiger charge is 2.09. The zero-order valence-corrected chi connectivity index (χ0v) is 9.82. The number of aromatic nitrogens is 1. The van der Waals surface area contributed by atoms with E-state index < -0.39 is 0 Å². The standard InChI is InChI=1S/C11H19N3O/c1-5-15-11-9(12)6-7-10(13-11)14(4)8(2)3/h6-8H,5,12H2,1-4H3. The van der Waals surface area contributed by atoms with Crippen LogP contribution in [0.1, 0.15) is 20.8 Å². The molecule has 84 valence electrons. The van der Waals surface area contributed by atoms with Gasteiger partial charge in [0.25, 0.3) is 0 Å². The molecule has 0 aliphatic carbocycles. The van der Waals surface area contributed by atoms with Gasteiger partial charge in [-0.15, -0.1) is 0 Å². The van der Waals surface area contributed by atoms with Gasteiger partial charge in [-0.3, -0.25) is 0 Å². The molecule has 0 bridgehead atoms. The number of anilines is 2. The Morgan fingerprint density at radius 2 is 2.13 bits per heavy atom. The number of nitrogen functional groups attached to an aromatic ring is 1. The van der Waals surface area contributed by atoms with Crippen molar-refractivity contribution in [3.05, 3.63) is 12.1 Å². The number of pyridine rings is 1. The molecule has 0 radical (unpaired) electrons. The SMILES string of the molecule is CCOc1nc(N(C)C(C)C)ccc1N. The summed E-state index contributed by atoms with van der Waals surface area (Å²) in [6.07, 6.45) is 0. The van der Waals surface area contributed by atoms with E-state index in [9.17, 15) is 0 Å². The molecule has 0 saturated carbocycles. The van der Waals surface area contributed by atoms with E-state index in [1.165, 1.54) is 0 Å². The minimum absolute atomic E-state index is 0.399. The molecule has 4 nitrogen and oxygen atoms in total. The Bertz CT molecular complexity index is 326. The second-order valence-corrected chi connectivity index (χ2v) is 3.70. The van der Waals surface area contributed by atoms with Crippen LogP contribution in [0, 0.1) is 0 Å². The number of hydrogen-bond acceptors (Lipinski definition) is 4. The van der Waals surface area contributed by atoms with E-state index in [1.54, 1.807) is 0 Å². The maximum atomic E-state index is 5.75. The van der Waals surface area contributed by atoms with Gasteiger partial charge in [0.1, 0.15) is 5.82 Å². The van der Waals surface area contributed by atoms with E-state index in [2.05, 4.69) is 23.7 Å². The number of hydrogen-bond donors (Lipinski definition) is 1. The lowest BCUT2D eigenvalue weighted by Crippen LogP contribution is -2.26. The quantitative estimate of drug-likeness (QED) is 0.823. The highest BCUT2D eigenvalue weighted by molar-refractivity contribution is 5.54. The van der Waals surface area contributed by atoms with Gasteiger partial charge in [0, 0.05) is 13.1 Å². The third-order valence-corrected chi connectivity index (χ3v) is 2.29. The van der Waals surface area contributed by atoms with Crippen LogP contribution < -0.4 is 15.4 Å². The third-order valence-electron chi connectivity index (χ3n) is 2.29. The van der Waals surface area contributed by atoms with E-state index in [1.807, 2.05) is 26.1 Å². The highest BCUT2D eigenvalue weighted by atomic mass is 16.5. The van der Waals surface area contributed by atoms with Gasteiger partial charge in [0.15, 0.2) is 0 Å². The van der Waals surface area contributed by atoms with Gasteiger partial charge in [-0.05, 0) is 32.9 Å². The fourth-order valence-corrected chi connectivity index (χ4v) is 1.15. The van der Waals surface area contributed by atoms with Crippen LogP contribution in [-0.2, 0) is 0 Å². The third kappa shape index (κ3) is 2.75. The van der Waals surface area contributed by atoms with E-state index in [0.29, 0.717) is 24.2 Å². The predicted molar refractivity (Wildman–Crippen MR) is 63.4 cm³/mol. The Labute approximate surface area is 91.1 Å². The molecule has 4 heteroatoms. The van der Waals surface area contributed by atoms with Crippen LogP contribution in [0.15, 0.2) is 12.1 Å². The van der Waals surface area contributed by atoms with Crippen LogP contribution in [0.4, 0.5) is 11.5 Å². The van der Waals surface area contributed by atoms with Gasteiger partial charge in [-0.1, -0.05) is 0 Å². The molecule has 0 aliphatic rings. The van der Waals surface area contributed by atoms with Crippen LogP contribution in [0.3, 0.4) is 0 Å². The summed E-state index contributed by atoms with van der Waals surface area (Å²) in [6.45, 7) is 6.71. The molecule has 0 aliphatic heterocycles. The lowest BCUT2D eigenvalue weighted by atomic mass is 10.3. The van der Waals surface area contributed by atoms with E-state index in [4.69, 9.17) is 10.5 Å². The van der Waals surface area contributed by atoms with Crippen molar-refractivity contribution in [1.29, 1.82) is 0 Å². The summed E-state index contributed by atoms with van der Waals surface area (Å²) in [5.41, 5.74) is 6.33. The van der Waals surface area contributed by atoms with Crippen molar-refractivity contribution in [2.24, 2.45) is 0 Å². The lowest BCUT2D eigenvalue weighted by molar-refractivity contribution is 0.329. The Morgan fingerprint density at radius 3 is 2.67 bits per heavy atom. The summed E-state index contributed by atoms with van der Waals surface area (Å²) in [5, 5.41) is 0. The maximum absolute atomic E-state index is 5.75. The number of nitrogens with zero attached hydrogens (tertiary/aromatic N) is 2. The molecule has 1 heterocycles. The molecule has 1 aromatic heterocycles. The van der Waals surface area contributed by atoms with Crippen molar-refractivity contribution < 1.29 is 4.74 Å². The van der Waals surface area contributed by atoms with Crippen molar-refractivity contribution in [2.75, 3.05) is 24.3 Å². The summed E-state index contributed by atoms with van der Waals surface area (Å²) in [5.74, 6) is 1.39. The molecule has 0 spiro atoms. The van der Waals surface area contributed by atoms with E-state index >= 15 is 0 Å². The Hall–Kier alpha value is -1.45. The summed E-state index contributed by atoms with van der Waals surface area (Å²) in [7, 11) is 2.00. The molecule has 0 fully saturated rings. The van der Waals surface area contributed by atoms with Gasteiger partial charge < -0.3 is 15.4 Å². The lowest BCUT2D eigenvalue weighted by Gasteiger charge is -2.23. The normalized spacial score (nSPS) is 10.5. The fraction of sp³-hybridized carbons (Fsp3) is 0.545. The molecule has 0 saturated heterocycles. The Balaban J connectivity index is 2.96. The molecule has 0 atom stereocenters. The zero-order valence-electron chi connectivity index (χ0n) is 9.82. The average Bonchev–Trinajstić information content (AvgIpc) is 2.20. The molecule has 2 N–H and O–H groups in total. The molecule has 0 aromatic carbocycles. The molecule has 0 unspecified atom stereocenters. The van der Waals surface area contributed by atoms with Crippen LogP contribution >= 0.6 is 0 Å². The molecule has 15 heavy (non-hydrogen) atoms. The van der Waals surface area contributed by atoms with Gasteiger partial charge in [-0.2, -0.15) is 4.98 Å². The first-order chi connectivity index (χ1) is 7.06. The summed E-state index contributed by atoms with van der Waals surface area (Å²) in [6, 6.07) is 4.12. The summed E-state index contributed by atoms with van der Waals surface area (Å²) in [4.78, 5) is 6.43. The number of rotatable bonds is 4. The monoisotopic (exact) mass is 209 g/mol. The van der Waals surface area contributed by atoms with Gasteiger partial charge in [-0.25, -0.2) is 0 Å². The first kappa shape index (κ1) is 11.6. The largest absolute Gasteiger partial charge is 0.476 e. The minimum atomic E-state index is 0.399. The molecular formula is C11H19N3O. The smallest absolute Gasteiger partial charge is 0.239 e. The molecule has 1 rings (SSSR count). The summed E-state index contributed by atoms with van der Waals surface area (Å²) >= 11 is 0.